The number of aliphatic hydroxyl groups excluding tert-OH is 1. The summed E-state index contributed by atoms with van der Waals surface area (Å²) in [4.78, 5) is 11.3. The van der Waals surface area contributed by atoms with Crippen LogP contribution < -0.4 is 28.3 Å². The zero-order valence-corrected chi connectivity index (χ0v) is 18.2. The summed E-state index contributed by atoms with van der Waals surface area (Å²) in [5.74, 6) is 1.34. The molecule has 170 valence electrons. The van der Waals surface area contributed by atoms with Crippen molar-refractivity contribution in [2.75, 3.05) is 21.3 Å². The fourth-order valence-corrected chi connectivity index (χ4v) is 3.09. The first-order valence-corrected chi connectivity index (χ1v) is 9.41. The molecule has 4 aromatic carbocycles. The quantitative estimate of drug-likeness (QED) is 0.371. The normalized spacial score (nSPS) is 9.33. The summed E-state index contributed by atoms with van der Waals surface area (Å²) in [7, 11) is 4.66. The number of hydrogen-bond acceptors (Lipinski definition) is 5. The number of benzene rings is 4. The molecule has 1 N–H and O–H groups in total. The van der Waals surface area contributed by atoms with Gasteiger partial charge < -0.3 is 20.7 Å². The van der Waals surface area contributed by atoms with Gasteiger partial charge in [-0.1, -0.05) is 37.8 Å². The Bertz CT molecular complexity index is 1140. The Kier molecular flexibility index (Phi) is 13.6. The van der Waals surface area contributed by atoms with Crippen molar-refractivity contribution in [2.24, 2.45) is 0 Å². The fourth-order valence-electron chi connectivity index (χ4n) is 3.09. The molecule has 7 heteroatoms. The van der Waals surface area contributed by atoms with Gasteiger partial charge in [0.15, 0.2) is 17.4 Å². The molecule has 0 atom stereocenters. The fraction of sp³-hybridized carbons (Fsp3) is 0.192. The molecule has 0 aliphatic heterocycles. The second-order valence-electron chi connectivity index (χ2n) is 6.62. The second kappa shape index (κ2) is 14.7. The maximum Gasteiger partial charge on any atom is 1.00 e. The van der Waals surface area contributed by atoms with Crippen LogP contribution in [0.2, 0.25) is 0 Å². The van der Waals surface area contributed by atoms with Gasteiger partial charge >= 0.3 is 24.8 Å². The van der Waals surface area contributed by atoms with Crippen LogP contribution in [0, 0.1) is 0 Å². The molecule has 0 radical (unpaired) electrons. The third-order valence-electron chi connectivity index (χ3n) is 4.76. The number of carbonyl (C=O) groups is 1. The van der Waals surface area contributed by atoms with E-state index in [0.717, 1.165) is 38.6 Å². The molecule has 0 aromatic heterocycles. The van der Waals surface area contributed by atoms with Gasteiger partial charge in [0.25, 0.3) is 0 Å². The summed E-state index contributed by atoms with van der Waals surface area (Å²) in [6.07, 6.45) is 0. The van der Waals surface area contributed by atoms with Crippen LogP contribution in [0.15, 0.2) is 72.8 Å². The Labute approximate surface area is 219 Å². The SMILES string of the molecule is C.COC(=O)c1ccc2cc(OC)ccc2c1.COc1ccc2cc(CO)ccc2c1.[AlH3].[H-].[Li+]. The Morgan fingerprint density at radius 2 is 1.21 bits per heavy atom. The molecule has 0 saturated heterocycles. The van der Waals surface area contributed by atoms with Crippen molar-refractivity contribution in [2.45, 2.75) is 14.0 Å². The van der Waals surface area contributed by atoms with Gasteiger partial charge in [0.1, 0.15) is 11.5 Å². The van der Waals surface area contributed by atoms with E-state index in [0.29, 0.717) is 5.56 Å². The first-order chi connectivity index (χ1) is 14.6. The largest absolute Gasteiger partial charge is 1.00 e. The molecule has 0 spiro atoms. The third kappa shape index (κ3) is 7.83. The minimum atomic E-state index is -0.322. The predicted molar refractivity (Wildman–Crippen MR) is 136 cm³/mol. The van der Waals surface area contributed by atoms with Crippen LogP contribution in [0.3, 0.4) is 0 Å². The van der Waals surface area contributed by atoms with Crippen LogP contribution in [-0.2, 0) is 11.3 Å². The van der Waals surface area contributed by atoms with E-state index >= 15 is 0 Å². The summed E-state index contributed by atoms with van der Waals surface area (Å²) in [5.41, 5.74) is 1.49. The molecule has 4 rings (SSSR count). The van der Waals surface area contributed by atoms with Gasteiger partial charge in [-0.15, -0.1) is 0 Å². The maximum atomic E-state index is 11.3. The summed E-state index contributed by atoms with van der Waals surface area (Å²) in [6, 6.07) is 22.9. The molecular weight excluding hydrogens is 426 g/mol. The third-order valence-corrected chi connectivity index (χ3v) is 4.76. The number of ether oxygens (including phenoxy) is 3. The van der Waals surface area contributed by atoms with Crippen molar-refractivity contribution in [1.82, 2.24) is 0 Å². The number of carbonyl (C=O) groups excluding carboxylic acids is 1. The molecular formula is C26H32AlLiO5. The maximum absolute atomic E-state index is 11.3. The molecule has 0 fully saturated rings. The minimum Gasteiger partial charge on any atom is -1.00 e. The molecule has 0 bridgehead atoms. The van der Waals surface area contributed by atoms with E-state index in [1.54, 1.807) is 26.4 Å². The Morgan fingerprint density at radius 3 is 1.70 bits per heavy atom. The number of hydrogen-bond donors (Lipinski definition) is 1. The van der Waals surface area contributed by atoms with Gasteiger partial charge in [-0.3, -0.25) is 0 Å². The average Bonchev–Trinajstić information content (AvgIpc) is 2.82. The molecule has 33 heavy (non-hydrogen) atoms. The molecule has 0 saturated carbocycles. The van der Waals surface area contributed by atoms with Gasteiger partial charge in [0.2, 0.25) is 0 Å². The van der Waals surface area contributed by atoms with Crippen molar-refractivity contribution in [3.8, 4) is 11.5 Å². The van der Waals surface area contributed by atoms with Gasteiger partial charge in [0, 0.05) is 0 Å². The van der Waals surface area contributed by atoms with Crippen LogP contribution >= 0.6 is 0 Å². The van der Waals surface area contributed by atoms with Gasteiger partial charge in [-0.05, 0) is 69.6 Å². The first kappa shape index (κ1) is 30.6. The number of rotatable bonds is 4. The van der Waals surface area contributed by atoms with E-state index < -0.39 is 0 Å². The summed E-state index contributed by atoms with van der Waals surface area (Å²) in [6.45, 7) is 0.0853. The second-order valence-corrected chi connectivity index (χ2v) is 6.62. The Balaban J connectivity index is 0. The Hall–Kier alpha value is -2.44. The van der Waals surface area contributed by atoms with E-state index in [2.05, 4.69) is 4.74 Å². The Morgan fingerprint density at radius 1 is 0.758 bits per heavy atom. The van der Waals surface area contributed by atoms with Crippen molar-refractivity contribution in [1.29, 1.82) is 0 Å². The summed E-state index contributed by atoms with van der Waals surface area (Å²) in [5, 5.41) is 13.2. The van der Waals surface area contributed by atoms with Crippen molar-refractivity contribution < 1.29 is 44.4 Å². The standard InChI is InChI=1S/C13H12O3.C12H12O2.CH4.Al.Li.4H/c1-15-12-6-5-9-7-11(13(14)16-2)4-3-10(9)8-12;1-14-12-5-4-10-6-9(8-13)2-3-11(10)7-12;;;;;;;/h3-8H,1-2H3;2-7,13H,8H2,1H3;1H4;;;;;;/q;;;;+1;;;;-1. The molecule has 0 amide bonds. The number of aliphatic hydroxyl groups is 1. The van der Waals surface area contributed by atoms with E-state index in [1.807, 2.05) is 60.7 Å². The van der Waals surface area contributed by atoms with E-state index in [1.165, 1.54) is 7.11 Å². The monoisotopic (exact) mass is 458 g/mol. The average molecular weight is 458 g/mol. The number of fused-ring (bicyclic) bond motifs is 2. The van der Waals surface area contributed by atoms with Crippen LogP contribution in [0.25, 0.3) is 21.5 Å². The van der Waals surface area contributed by atoms with Crippen molar-refractivity contribution >= 4 is 44.9 Å². The van der Waals surface area contributed by atoms with Crippen molar-refractivity contribution in [3.63, 3.8) is 0 Å². The molecule has 4 aromatic rings. The van der Waals surface area contributed by atoms with Crippen LogP contribution in [0.4, 0.5) is 0 Å². The van der Waals surface area contributed by atoms with Gasteiger partial charge in [0.05, 0.1) is 33.5 Å². The summed E-state index contributed by atoms with van der Waals surface area (Å²) < 4.78 is 14.9. The molecule has 0 unspecified atom stereocenters. The molecule has 0 heterocycles. The molecule has 0 aliphatic rings. The van der Waals surface area contributed by atoms with Crippen molar-refractivity contribution in [3.05, 3.63) is 83.9 Å². The van der Waals surface area contributed by atoms with Crippen LogP contribution in [-0.4, -0.2) is 49.8 Å². The number of methoxy groups -OCH3 is 3. The summed E-state index contributed by atoms with van der Waals surface area (Å²) >= 11 is 0. The zero-order valence-electron chi connectivity index (χ0n) is 19.2. The predicted octanol–water partition coefficient (Wildman–Crippen LogP) is 1.54. The molecule has 5 nitrogen and oxygen atoms in total. The zero-order chi connectivity index (χ0) is 21.5. The van der Waals surface area contributed by atoms with E-state index in [4.69, 9.17) is 14.6 Å². The van der Waals surface area contributed by atoms with Crippen LogP contribution in [0.5, 0.6) is 11.5 Å². The first-order valence-electron chi connectivity index (χ1n) is 9.41. The van der Waals surface area contributed by atoms with E-state index in [-0.39, 0.29) is 57.7 Å². The van der Waals surface area contributed by atoms with Gasteiger partial charge in [-0.25, -0.2) is 4.79 Å². The van der Waals surface area contributed by atoms with Crippen LogP contribution in [0.1, 0.15) is 24.8 Å². The van der Waals surface area contributed by atoms with Gasteiger partial charge in [-0.2, -0.15) is 0 Å². The topological polar surface area (TPSA) is 65.0 Å². The number of esters is 1. The molecule has 0 aliphatic carbocycles. The van der Waals surface area contributed by atoms with E-state index in [9.17, 15) is 4.79 Å². The smallest absolute Gasteiger partial charge is 1.00 e. The minimum absolute atomic E-state index is 0.